The van der Waals surface area contributed by atoms with Crippen molar-refractivity contribution in [3.8, 4) is 5.75 Å². The fourth-order valence-electron chi connectivity index (χ4n) is 0.790. The van der Waals surface area contributed by atoms with Crippen molar-refractivity contribution in [3.05, 3.63) is 39.5 Å². The standard InChI is InChI=1S/C10H10BrClO/c1-3-7(2)13-10-5-4-8(12)6-9(10)11/h3-6H,1-2H3/b7-3+. The third-order valence-electron chi connectivity index (χ3n) is 1.57. The molecule has 0 aliphatic heterocycles. The summed E-state index contributed by atoms with van der Waals surface area (Å²) in [5.74, 6) is 1.64. The molecule has 1 aromatic carbocycles. The second kappa shape index (κ2) is 4.68. The molecule has 1 nitrogen and oxygen atoms in total. The highest BCUT2D eigenvalue weighted by molar-refractivity contribution is 9.10. The maximum atomic E-state index is 5.79. The minimum atomic E-state index is 0.692. The first-order valence-electron chi connectivity index (χ1n) is 3.89. The molecule has 70 valence electrons. The Bertz CT molecular complexity index is 334. The van der Waals surface area contributed by atoms with Crippen molar-refractivity contribution in [2.75, 3.05) is 0 Å². The molecule has 0 radical (unpaired) electrons. The van der Waals surface area contributed by atoms with E-state index in [0.29, 0.717) is 5.02 Å². The predicted octanol–water partition coefficient (Wildman–Crippen LogP) is 4.41. The summed E-state index contributed by atoms with van der Waals surface area (Å²) in [4.78, 5) is 0. The van der Waals surface area contributed by atoms with Crippen LogP contribution in [0.5, 0.6) is 5.75 Å². The van der Waals surface area contributed by atoms with Gasteiger partial charge in [0.1, 0.15) is 5.75 Å². The van der Waals surface area contributed by atoms with Crippen LogP contribution in [-0.4, -0.2) is 0 Å². The summed E-state index contributed by atoms with van der Waals surface area (Å²) in [7, 11) is 0. The Morgan fingerprint density at radius 1 is 1.54 bits per heavy atom. The first kappa shape index (κ1) is 10.6. The second-order valence-electron chi connectivity index (χ2n) is 2.58. The van der Waals surface area contributed by atoms with E-state index in [0.717, 1.165) is 16.0 Å². The molecule has 1 rings (SSSR count). The van der Waals surface area contributed by atoms with Gasteiger partial charge in [0.25, 0.3) is 0 Å². The SMILES string of the molecule is C/C=C(\C)Oc1ccc(Cl)cc1Br. The van der Waals surface area contributed by atoms with E-state index in [1.807, 2.05) is 26.0 Å². The Morgan fingerprint density at radius 3 is 2.77 bits per heavy atom. The summed E-state index contributed by atoms with van der Waals surface area (Å²) in [6.45, 7) is 3.83. The second-order valence-corrected chi connectivity index (χ2v) is 3.87. The van der Waals surface area contributed by atoms with Crippen LogP contribution in [0.25, 0.3) is 0 Å². The minimum Gasteiger partial charge on any atom is -0.461 e. The van der Waals surface area contributed by atoms with E-state index in [1.54, 1.807) is 12.1 Å². The summed E-state index contributed by atoms with van der Waals surface area (Å²) in [5, 5.41) is 0.692. The van der Waals surface area contributed by atoms with E-state index in [1.165, 1.54) is 0 Å². The zero-order valence-electron chi connectivity index (χ0n) is 7.47. The number of rotatable bonds is 2. The number of halogens is 2. The molecular weight excluding hydrogens is 251 g/mol. The van der Waals surface area contributed by atoms with Gasteiger partial charge in [-0.25, -0.2) is 0 Å². The smallest absolute Gasteiger partial charge is 0.141 e. The summed E-state index contributed by atoms with van der Waals surface area (Å²) in [6.07, 6.45) is 1.90. The van der Waals surface area contributed by atoms with Gasteiger partial charge in [-0.2, -0.15) is 0 Å². The molecule has 0 saturated heterocycles. The largest absolute Gasteiger partial charge is 0.461 e. The zero-order chi connectivity index (χ0) is 9.84. The Labute approximate surface area is 91.5 Å². The predicted molar refractivity (Wildman–Crippen MR) is 59.2 cm³/mol. The van der Waals surface area contributed by atoms with Gasteiger partial charge in [0.05, 0.1) is 10.2 Å². The van der Waals surface area contributed by atoms with Crippen LogP contribution >= 0.6 is 27.5 Å². The molecule has 0 atom stereocenters. The molecule has 13 heavy (non-hydrogen) atoms. The van der Waals surface area contributed by atoms with Gasteiger partial charge in [0, 0.05) is 5.02 Å². The van der Waals surface area contributed by atoms with Crippen LogP contribution in [0.3, 0.4) is 0 Å². The van der Waals surface area contributed by atoms with Crippen LogP contribution in [0.1, 0.15) is 13.8 Å². The van der Waals surface area contributed by atoms with Crippen LogP contribution in [-0.2, 0) is 0 Å². The molecule has 0 aliphatic rings. The zero-order valence-corrected chi connectivity index (χ0v) is 9.82. The minimum absolute atomic E-state index is 0.692. The lowest BCUT2D eigenvalue weighted by Crippen LogP contribution is -1.90. The van der Waals surface area contributed by atoms with Crippen molar-refractivity contribution in [3.63, 3.8) is 0 Å². The molecule has 0 unspecified atom stereocenters. The van der Waals surface area contributed by atoms with E-state index in [2.05, 4.69) is 15.9 Å². The molecule has 3 heteroatoms. The Balaban J connectivity index is 2.90. The van der Waals surface area contributed by atoms with Gasteiger partial charge in [-0.15, -0.1) is 0 Å². The fourth-order valence-corrected chi connectivity index (χ4v) is 1.55. The molecule has 0 aromatic heterocycles. The number of ether oxygens (including phenoxy) is 1. The summed E-state index contributed by atoms with van der Waals surface area (Å²) >= 11 is 9.16. The van der Waals surface area contributed by atoms with E-state index in [-0.39, 0.29) is 0 Å². The molecule has 1 aromatic rings. The number of hydrogen-bond donors (Lipinski definition) is 0. The van der Waals surface area contributed by atoms with Crippen molar-refractivity contribution in [1.82, 2.24) is 0 Å². The Hall–Kier alpha value is -0.470. The number of benzene rings is 1. The maximum Gasteiger partial charge on any atom is 0.141 e. The highest BCUT2D eigenvalue weighted by Gasteiger charge is 2.01. The van der Waals surface area contributed by atoms with E-state index in [4.69, 9.17) is 16.3 Å². The Kier molecular flexibility index (Phi) is 3.82. The number of allylic oxidation sites excluding steroid dienone is 2. The molecule has 0 fully saturated rings. The average molecular weight is 262 g/mol. The van der Waals surface area contributed by atoms with Crippen LogP contribution in [0.15, 0.2) is 34.5 Å². The third kappa shape index (κ3) is 3.05. The van der Waals surface area contributed by atoms with E-state index >= 15 is 0 Å². The topological polar surface area (TPSA) is 9.23 Å². The average Bonchev–Trinajstić information content (AvgIpc) is 2.09. The van der Waals surface area contributed by atoms with Gasteiger partial charge in [0.2, 0.25) is 0 Å². The van der Waals surface area contributed by atoms with Gasteiger partial charge in [-0.05, 0) is 54.1 Å². The van der Waals surface area contributed by atoms with Crippen molar-refractivity contribution in [2.24, 2.45) is 0 Å². The van der Waals surface area contributed by atoms with Gasteiger partial charge in [-0.1, -0.05) is 11.6 Å². The van der Waals surface area contributed by atoms with Gasteiger partial charge >= 0.3 is 0 Å². The monoisotopic (exact) mass is 260 g/mol. The first-order valence-corrected chi connectivity index (χ1v) is 5.06. The van der Waals surface area contributed by atoms with Crippen LogP contribution in [0.2, 0.25) is 5.02 Å². The van der Waals surface area contributed by atoms with Crippen LogP contribution < -0.4 is 4.74 Å². The summed E-state index contributed by atoms with van der Waals surface area (Å²) in [6, 6.07) is 5.43. The van der Waals surface area contributed by atoms with E-state index < -0.39 is 0 Å². The van der Waals surface area contributed by atoms with Gasteiger partial charge < -0.3 is 4.74 Å². The molecule has 0 spiro atoms. The highest BCUT2D eigenvalue weighted by Crippen LogP contribution is 2.29. The van der Waals surface area contributed by atoms with Gasteiger partial charge in [0.15, 0.2) is 0 Å². The molecule has 0 bridgehead atoms. The molecule has 0 heterocycles. The van der Waals surface area contributed by atoms with Crippen LogP contribution in [0.4, 0.5) is 0 Å². The first-order chi connectivity index (χ1) is 6.13. The van der Waals surface area contributed by atoms with Gasteiger partial charge in [-0.3, -0.25) is 0 Å². The fraction of sp³-hybridized carbons (Fsp3) is 0.200. The van der Waals surface area contributed by atoms with Crippen molar-refractivity contribution in [1.29, 1.82) is 0 Å². The molecule has 0 aliphatic carbocycles. The van der Waals surface area contributed by atoms with Crippen LogP contribution in [0, 0.1) is 0 Å². The summed E-state index contributed by atoms with van der Waals surface area (Å²) in [5.41, 5.74) is 0. The number of hydrogen-bond acceptors (Lipinski definition) is 1. The maximum absolute atomic E-state index is 5.79. The molecule has 0 saturated carbocycles. The third-order valence-corrected chi connectivity index (χ3v) is 2.43. The quantitative estimate of drug-likeness (QED) is 0.717. The summed E-state index contributed by atoms with van der Waals surface area (Å²) < 4.78 is 6.37. The highest BCUT2D eigenvalue weighted by atomic mass is 79.9. The van der Waals surface area contributed by atoms with E-state index in [9.17, 15) is 0 Å². The van der Waals surface area contributed by atoms with Crippen molar-refractivity contribution >= 4 is 27.5 Å². The molecule has 0 amide bonds. The lowest BCUT2D eigenvalue weighted by molar-refractivity contribution is 0.424. The Morgan fingerprint density at radius 2 is 2.23 bits per heavy atom. The lowest BCUT2D eigenvalue weighted by Gasteiger charge is -2.07. The molecule has 0 N–H and O–H groups in total. The van der Waals surface area contributed by atoms with Crippen molar-refractivity contribution in [2.45, 2.75) is 13.8 Å². The lowest BCUT2D eigenvalue weighted by atomic mass is 10.3. The molecular formula is C10H10BrClO. The normalized spacial score (nSPS) is 11.5. The van der Waals surface area contributed by atoms with Crippen molar-refractivity contribution < 1.29 is 4.74 Å².